The third kappa shape index (κ3) is 2.69. The van der Waals surface area contributed by atoms with Crippen LogP contribution in [-0.4, -0.2) is 22.9 Å². The van der Waals surface area contributed by atoms with Crippen molar-refractivity contribution in [3.8, 4) is 0 Å². The van der Waals surface area contributed by atoms with Crippen LogP contribution >= 0.6 is 0 Å². The van der Waals surface area contributed by atoms with Gasteiger partial charge in [0.05, 0.1) is 12.0 Å². The second-order valence-corrected chi connectivity index (χ2v) is 2.63. The maximum atomic E-state index is 10.6. The van der Waals surface area contributed by atoms with Crippen LogP contribution in [0.4, 0.5) is 0 Å². The highest BCUT2D eigenvalue weighted by molar-refractivity contribution is 5.74. The van der Waals surface area contributed by atoms with Crippen molar-refractivity contribution in [3.63, 3.8) is 0 Å². The number of carbonyl (C=O) groups is 1. The number of rotatable bonds is 5. The van der Waals surface area contributed by atoms with Crippen LogP contribution in [0, 0.1) is 5.41 Å². The third-order valence-electron chi connectivity index (χ3n) is 1.49. The fourth-order valence-electron chi connectivity index (χ4n) is 0.669. The van der Waals surface area contributed by atoms with Gasteiger partial charge in [-0.25, -0.2) is 4.89 Å². The summed E-state index contributed by atoms with van der Waals surface area (Å²) >= 11 is 0. The Morgan fingerprint density at radius 2 is 2.36 bits per heavy atom. The van der Waals surface area contributed by atoms with Crippen molar-refractivity contribution in [2.75, 3.05) is 6.61 Å². The summed E-state index contributed by atoms with van der Waals surface area (Å²) < 4.78 is 0. The minimum atomic E-state index is -1.07. The molecule has 0 aromatic carbocycles. The molecule has 0 aliphatic heterocycles. The molecule has 0 rings (SSSR count). The zero-order valence-electron chi connectivity index (χ0n) is 6.41. The molecular formula is C7H12O4. The molecule has 0 aliphatic rings. The van der Waals surface area contributed by atoms with Gasteiger partial charge in [0, 0.05) is 0 Å². The molecular weight excluding hydrogens is 148 g/mol. The van der Waals surface area contributed by atoms with E-state index in [1.54, 1.807) is 0 Å². The lowest BCUT2D eigenvalue weighted by Crippen LogP contribution is -2.31. The highest BCUT2D eigenvalue weighted by atomic mass is 17.1. The monoisotopic (exact) mass is 160 g/mol. The molecule has 0 aromatic rings. The quantitative estimate of drug-likeness (QED) is 0.359. The molecule has 2 N–H and O–H groups in total. The molecule has 0 saturated carbocycles. The zero-order valence-corrected chi connectivity index (χ0v) is 6.41. The van der Waals surface area contributed by atoms with Gasteiger partial charge >= 0.3 is 5.97 Å². The topological polar surface area (TPSA) is 66.8 Å². The predicted octanol–water partition coefficient (Wildman–Crippen LogP) is 1.14. The number of carboxylic acid groups (broad SMARTS) is 1. The SMILES string of the molecule is C=CCC(C)(COO)C(=O)O. The van der Waals surface area contributed by atoms with Gasteiger partial charge in [-0.15, -0.1) is 6.58 Å². The van der Waals surface area contributed by atoms with E-state index >= 15 is 0 Å². The number of carboxylic acids is 1. The van der Waals surface area contributed by atoms with Gasteiger partial charge in [0.2, 0.25) is 0 Å². The van der Waals surface area contributed by atoms with Crippen LogP contribution in [0.2, 0.25) is 0 Å². The Kier molecular flexibility index (Phi) is 3.78. The summed E-state index contributed by atoms with van der Waals surface area (Å²) in [5.41, 5.74) is -1.07. The summed E-state index contributed by atoms with van der Waals surface area (Å²) in [6, 6.07) is 0. The second-order valence-electron chi connectivity index (χ2n) is 2.63. The molecule has 0 amide bonds. The highest BCUT2D eigenvalue weighted by Crippen LogP contribution is 2.21. The van der Waals surface area contributed by atoms with Gasteiger partial charge in [-0.1, -0.05) is 6.08 Å². The van der Waals surface area contributed by atoms with E-state index in [0.29, 0.717) is 0 Å². The summed E-state index contributed by atoms with van der Waals surface area (Å²) in [5, 5.41) is 16.7. The first kappa shape index (κ1) is 10.1. The van der Waals surface area contributed by atoms with Crippen LogP contribution in [0.3, 0.4) is 0 Å². The molecule has 0 radical (unpaired) electrons. The normalized spacial score (nSPS) is 15.5. The lowest BCUT2D eigenvalue weighted by Gasteiger charge is -2.20. The fraction of sp³-hybridized carbons (Fsp3) is 0.571. The van der Waals surface area contributed by atoms with Gasteiger partial charge in [0.25, 0.3) is 0 Å². The fourth-order valence-corrected chi connectivity index (χ4v) is 0.669. The second kappa shape index (κ2) is 4.10. The average Bonchev–Trinajstić information content (AvgIpc) is 1.88. The molecule has 0 bridgehead atoms. The summed E-state index contributed by atoms with van der Waals surface area (Å²) in [7, 11) is 0. The maximum absolute atomic E-state index is 10.6. The van der Waals surface area contributed by atoms with E-state index in [1.807, 2.05) is 0 Å². The van der Waals surface area contributed by atoms with Crippen LogP contribution in [0.1, 0.15) is 13.3 Å². The van der Waals surface area contributed by atoms with Crippen LogP contribution in [0.5, 0.6) is 0 Å². The van der Waals surface area contributed by atoms with Crippen molar-refractivity contribution >= 4 is 5.97 Å². The summed E-state index contributed by atoms with van der Waals surface area (Å²) in [5.74, 6) is -1.01. The maximum Gasteiger partial charge on any atom is 0.312 e. The van der Waals surface area contributed by atoms with Crippen LogP contribution in [0.15, 0.2) is 12.7 Å². The Morgan fingerprint density at radius 3 is 2.64 bits per heavy atom. The third-order valence-corrected chi connectivity index (χ3v) is 1.49. The number of hydrogen-bond acceptors (Lipinski definition) is 3. The molecule has 0 aliphatic carbocycles. The van der Waals surface area contributed by atoms with E-state index in [4.69, 9.17) is 10.4 Å². The first-order valence-electron chi connectivity index (χ1n) is 3.17. The molecule has 64 valence electrons. The molecule has 0 heterocycles. The molecule has 0 aromatic heterocycles. The van der Waals surface area contributed by atoms with Crippen molar-refractivity contribution in [2.24, 2.45) is 5.41 Å². The van der Waals surface area contributed by atoms with Crippen LogP contribution in [0.25, 0.3) is 0 Å². The Morgan fingerprint density at radius 1 is 1.82 bits per heavy atom. The van der Waals surface area contributed by atoms with Gasteiger partial charge in [-0.2, -0.15) is 0 Å². The van der Waals surface area contributed by atoms with E-state index in [-0.39, 0.29) is 13.0 Å². The standard InChI is InChI=1S/C7H12O4/c1-3-4-7(2,5-11-10)6(8)9/h3,10H,1,4-5H2,2H3,(H,8,9). The molecule has 1 unspecified atom stereocenters. The van der Waals surface area contributed by atoms with E-state index in [0.717, 1.165) is 0 Å². The number of allylic oxidation sites excluding steroid dienone is 1. The predicted molar refractivity (Wildman–Crippen MR) is 39.1 cm³/mol. The minimum absolute atomic E-state index is 0.228. The van der Waals surface area contributed by atoms with Crippen molar-refractivity contribution in [2.45, 2.75) is 13.3 Å². The largest absolute Gasteiger partial charge is 0.481 e. The minimum Gasteiger partial charge on any atom is -0.481 e. The number of hydrogen-bond donors (Lipinski definition) is 2. The van der Waals surface area contributed by atoms with Crippen molar-refractivity contribution in [3.05, 3.63) is 12.7 Å². The van der Waals surface area contributed by atoms with Crippen molar-refractivity contribution in [1.29, 1.82) is 0 Å². The lowest BCUT2D eigenvalue weighted by molar-refractivity contribution is -0.261. The van der Waals surface area contributed by atoms with Gasteiger partial charge < -0.3 is 5.11 Å². The number of aliphatic carboxylic acids is 1. The summed E-state index contributed by atoms with van der Waals surface area (Å²) in [4.78, 5) is 14.4. The van der Waals surface area contributed by atoms with E-state index in [2.05, 4.69) is 11.5 Å². The van der Waals surface area contributed by atoms with E-state index < -0.39 is 11.4 Å². The van der Waals surface area contributed by atoms with Gasteiger partial charge in [0.15, 0.2) is 0 Å². The molecule has 11 heavy (non-hydrogen) atoms. The Hall–Kier alpha value is -0.870. The molecule has 4 nitrogen and oxygen atoms in total. The average molecular weight is 160 g/mol. The summed E-state index contributed by atoms with van der Waals surface area (Å²) in [6.07, 6.45) is 1.75. The first-order valence-corrected chi connectivity index (χ1v) is 3.17. The molecule has 0 spiro atoms. The van der Waals surface area contributed by atoms with Crippen LogP contribution < -0.4 is 0 Å². The Balaban J connectivity index is 4.24. The van der Waals surface area contributed by atoms with Crippen molar-refractivity contribution in [1.82, 2.24) is 0 Å². The van der Waals surface area contributed by atoms with Gasteiger partial charge in [-0.05, 0) is 13.3 Å². The van der Waals surface area contributed by atoms with Crippen molar-refractivity contribution < 1.29 is 20.0 Å². The molecule has 1 atom stereocenters. The lowest BCUT2D eigenvalue weighted by atomic mass is 9.88. The van der Waals surface area contributed by atoms with Crippen LogP contribution in [-0.2, 0) is 9.68 Å². The summed E-state index contributed by atoms with van der Waals surface area (Å²) in [6.45, 7) is 4.66. The highest BCUT2D eigenvalue weighted by Gasteiger charge is 2.32. The zero-order chi connectivity index (χ0) is 8.91. The Bertz CT molecular complexity index is 155. The molecule has 0 fully saturated rings. The van der Waals surface area contributed by atoms with Gasteiger partial charge in [-0.3, -0.25) is 10.1 Å². The molecule has 4 heteroatoms. The van der Waals surface area contributed by atoms with E-state index in [9.17, 15) is 4.79 Å². The molecule has 0 saturated heterocycles. The Labute approximate surface area is 65.0 Å². The van der Waals surface area contributed by atoms with Gasteiger partial charge in [0.1, 0.15) is 0 Å². The first-order chi connectivity index (χ1) is 5.06. The van der Waals surface area contributed by atoms with E-state index in [1.165, 1.54) is 13.0 Å². The smallest absolute Gasteiger partial charge is 0.312 e.